The van der Waals surface area contributed by atoms with Gasteiger partial charge in [-0.05, 0) is 18.4 Å². The predicted molar refractivity (Wildman–Crippen MR) is 72.6 cm³/mol. The number of rotatable bonds is 3. The first-order valence-corrected chi connectivity index (χ1v) is 7.14. The van der Waals surface area contributed by atoms with Crippen LogP contribution in [0.1, 0.15) is 12.6 Å². The summed E-state index contributed by atoms with van der Waals surface area (Å²) < 4.78 is 5.54. The van der Waals surface area contributed by atoms with E-state index in [1.165, 1.54) is 0 Å². The van der Waals surface area contributed by atoms with Crippen LogP contribution in [0.2, 0.25) is 0 Å². The van der Waals surface area contributed by atoms with Gasteiger partial charge in [-0.3, -0.25) is 4.90 Å². The molecule has 0 spiro atoms. The van der Waals surface area contributed by atoms with Crippen LogP contribution in [0.25, 0.3) is 10.8 Å². The second kappa shape index (κ2) is 5.22. The number of piperazine rings is 1. The van der Waals surface area contributed by atoms with Gasteiger partial charge in [0.05, 0.1) is 10.6 Å². The summed E-state index contributed by atoms with van der Waals surface area (Å²) in [4.78, 5) is 8.09. The van der Waals surface area contributed by atoms with Gasteiger partial charge >= 0.3 is 0 Å². The van der Waals surface area contributed by atoms with E-state index < -0.39 is 0 Å². The van der Waals surface area contributed by atoms with E-state index in [-0.39, 0.29) is 0 Å². The molecule has 18 heavy (non-hydrogen) atoms. The molecule has 0 aromatic carbocycles. The quantitative estimate of drug-likeness (QED) is 0.921. The Hall–Kier alpha value is -1.17. The molecule has 2 aromatic heterocycles. The molecule has 1 aliphatic rings. The van der Waals surface area contributed by atoms with Crippen molar-refractivity contribution < 1.29 is 4.42 Å². The largest absolute Gasteiger partial charge is 0.444 e. The molecule has 3 rings (SSSR count). The third kappa shape index (κ3) is 2.48. The summed E-state index contributed by atoms with van der Waals surface area (Å²) in [5.41, 5.74) is 1.02. The average Bonchev–Trinajstić information content (AvgIpc) is 3.02. The van der Waals surface area contributed by atoms with Crippen LogP contribution in [0.5, 0.6) is 0 Å². The van der Waals surface area contributed by atoms with Crippen LogP contribution >= 0.6 is 11.3 Å². The van der Waals surface area contributed by atoms with Crippen LogP contribution in [0, 0.1) is 0 Å². The summed E-state index contributed by atoms with van der Waals surface area (Å²) >= 11 is 1.66. The summed E-state index contributed by atoms with van der Waals surface area (Å²) in [5.74, 6) is 0.739. The van der Waals surface area contributed by atoms with Crippen molar-refractivity contribution in [2.75, 3.05) is 19.6 Å². The van der Waals surface area contributed by atoms with Crippen LogP contribution in [0.4, 0.5) is 0 Å². The molecule has 5 heteroatoms. The highest BCUT2D eigenvalue weighted by atomic mass is 32.1. The van der Waals surface area contributed by atoms with Crippen LogP contribution in [0.15, 0.2) is 28.2 Å². The minimum atomic E-state index is 0.556. The molecule has 0 bridgehead atoms. The maximum absolute atomic E-state index is 5.54. The van der Waals surface area contributed by atoms with Crippen LogP contribution < -0.4 is 5.32 Å². The van der Waals surface area contributed by atoms with E-state index >= 15 is 0 Å². The van der Waals surface area contributed by atoms with Crippen molar-refractivity contribution in [3.05, 3.63) is 29.5 Å². The lowest BCUT2D eigenvalue weighted by Gasteiger charge is -2.33. The maximum Gasteiger partial charge on any atom is 0.236 e. The monoisotopic (exact) mass is 263 g/mol. The molecule has 2 aromatic rings. The fourth-order valence-electron chi connectivity index (χ4n) is 2.22. The molecule has 1 N–H and O–H groups in total. The molecular weight excluding hydrogens is 246 g/mol. The van der Waals surface area contributed by atoms with Crippen LogP contribution in [-0.4, -0.2) is 35.6 Å². The van der Waals surface area contributed by atoms with Crippen molar-refractivity contribution in [1.29, 1.82) is 0 Å². The molecular formula is C13H17N3OS. The molecule has 0 aliphatic carbocycles. The van der Waals surface area contributed by atoms with Gasteiger partial charge in [-0.15, -0.1) is 11.3 Å². The Labute approximate surface area is 111 Å². The lowest BCUT2D eigenvalue weighted by molar-refractivity contribution is 0.163. The summed E-state index contributed by atoms with van der Waals surface area (Å²) in [6, 6.07) is 4.61. The number of hydrogen-bond donors (Lipinski definition) is 1. The van der Waals surface area contributed by atoms with Crippen LogP contribution in [0.3, 0.4) is 0 Å². The summed E-state index contributed by atoms with van der Waals surface area (Å²) in [7, 11) is 0. The maximum atomic E-state index is 5.54. The van der Waals surface area contributed by atoms with Gasteiger partial charge in [0, 0.05) is 32.2 Å². The highest BCUT2D eigenvalue weighted by molar-refractivity contribution is 7.13. The SMILES string of the molecule is CC1CNCCN1Cc1coc(-c2cccs2)n1. The highest BCUT2D eigenvalue weighted by Crippen LogP contribution is 2.24. The van der Waals surface area contributed by atoms with E-state index in [0.717, 1.165) is 42.6 Å². The molecule has 3 heterocycles. The molecule has 1 unspecified atom stereocenters. The number of nitrogens with one attached hydrogen (secondary N) is 1. The summed E-state index contributed by atoms with van der Waals surface area (Å²) in [6.45, 7) is 6.29. The van der Waals surface area contributed by atoms with Gasteiger partial charge in [-0.2, -0.15) is 0 Å². The number of hydrogen-bond acceptors (Lipinski definition) is 5. The Balaban J connectivity index is 1.70. The van der Waals surface area contributed by atoms with Crippen molar-refractivity contribution >= 4 is 11.3 Å². The highest BCUT2D eigenvalue weighted by Gasteiger charge is 2.19. The smallest absolute Gasteiger partial charge is 0.236 e. The van der Waals surface area contributed by atoms with Gasteiger partial charge in [0.15, 0.2) is 0 Å². The first-order valence-electron chi connectivity index (χ1n) is 6.26. The van der Waals surface area contributed by atoms with Gasteiger partial charge in [0.2, 0.25) is 5.89 Å². The minimum absolute atomic E-state index is 0.556. The molecule has 1 saturated heterocycles. The normalized spacial score (nSPS) is 21.3. The van der Waals surface area contributed by atoms with Crippen LogP contribution in [-0.2, 0) is 6.54 Å². The van der Waals surface area contributed by atoms with Gasteiger partial charge in [-0.1, -0.05) is 6.07 Å². The van der Waals surface area contributed by atoms with Crippen molar-refractivity contribution in [1.82, 2.24) is 15.2 Å². The van der Waals surface area contributed by atoms with Crippen molar-refractivity contribution in [3.63, 3.8) is 0 Å². The summed E-state index contributed by atoms with van der Waals surface area (Å²) in [6.07, 6.45) is 1.78. The van der Waals surface area contributed by atoms with E-state index in [0.29, 0.717) is 6.04 Å². The second-order valence-electron chi connectivity index (χ2n) is 4.64. The molecule has 1 atom stereocenters. The molecule has 0 amide bonds. The number of thiophene rings is 1. The van der Waals surface area contributed by atoms with Gasteiger partial charge in [0.25, 0.3) is 0 Å². The first kappa shape index (κ1) is 11.9. The number of aromatic nitrogens is 1. The molecule has 0 saturated carbocycles. The van der Waals surface area contributed by atoms with Crippen molar-refractivity contribution in [3.8, 4) is 10.8 Å². The van der Waals surface area contributed by atoms with Gasteiger partial charge in [-0.25, -0.2) is 4.98 Å². The fraction of sp³-hybridized carbons (Fsp3) is 0.462. The minimum Gasteiger partial charge on any atom is -0.444 e. The lowest BCUT2D eigenvalue weighted by atomic mass is 10.2. The Morgan fingerprint density at radius 1 is 1.61 bits per heavy atom. The van der Waals surface area contributed by atoms with E-state index in [1.807, 2.05) is 17.5 Å². The zero-order valence-electron chi connectivity index (χ0n) is 10.4. The Kier molecular flexibility index (Phi) is 3.45. The Morgan fingerprint density at radius 2 is 2.56 bits per heavy atom. The fourth-order valence-corrected chi connectivity index (χ4v) is 2.87. The standard InChI is InChI=1S/C13H17N3OS/c1-10-7-14-4-5-16(10)8-11-9-17-13(15-11)12-3-2-6-18-12/h2-3,6,9-10,14H,4-5,7-8H2,1H3. The molecule has 0 radical (unpaired) electrons. The molecule has 96 valence electrons. The van der Waals surface area contributed by atoms with E-state index in [2.05, 4.69) is 22.1 Å². The second-order valence-corrected chi connectivity index (χ2v) is 5.59. The third-order valence-electron chi connectivity index (χ3n) is 3.29. The summed E-state index contributed by atoms with van der Waals surface area (Å²) in [5, 5.41) is 5.43. The zero-order valence-corrected chi connectivity index (χ0v) is 11.2. The molecule has 1 fully saturated rings. The molecule has 1 aliphatic heterocycles. The van der Waals surface area contributed by atoms with E-state index in [9.17, 15) is 0 Å². The Bertz CT molecular complexity index is 494. The lowest BCUT2D eigenvalue weighted by Crippen LogP contribution is -2.49. The van der Waals surface area contributed by atoms with E-state index in [1.54, 1.807) is 17.6 Å². The first-order chi connectivity index (χ1) is 8.83. The number of nitrogens with zero attached hydrogens (tertiary/aromatic N) is 2. The molecule has 4 nitrogen and oxygen atoms in total. The van der Waals surface area contributed by atoms with Gasteiger partial charge in [0.1, 0.15) is 6.26 Å². The third-order valence-corrected chi connectivity index (χ3v) is 4.15. The average molecular weight is 263 g/mol. The Morgan fingerprint density at radius 3 is 3.33 bits per heavy atom. The van der Waals surface area contributed by atoms with Gasteiger partial charge < -0.3 is 9.73 Å². The predicted octanol–water partition coefficient (Wildman–Crippen LogP) is 2.20. The van der Waals surface area contributed by atoms with E-state index in [4.69, 9.17) is 4.42 Å². The zero-order chi connectivity index (χ0) is 12.4. The van der Waals surface area contributed by atoms with Crippen molar-refractivity contribution in [2.45, 2.75) is 19.5 Å². The topological polar surface area (TPSA) is 41.3 Å². The number of oxazole rings is 1. The van der Waals surface area contributed by atoms with Crippen molar-refractivity contribution in [2.24, 2.45) is 0 Å².